The Bertz CT molecular complexity index is 282. The van der Waals surface area contributed by atoms with Crippen molar-refractivity contribution >= 4 is 5.97 Å². The van der Waals surface area contributed by atoms with E-state index in [1.165, 1.54) is 0 Å². The molecule has 0 fully saturated rings. The largest absolute Gasteiger partial charge is 0.480 e. The van der Waals surface area contributed by atoms with Crippen LogP contribution in [-0.2, 0) is 11.3 Å². The predicted molar refractivity (Wildman–Crippen MR) is 51.9 cm³/mol. The summed E-state index contributed by atoms with van der Waals surface area (Å²) in [4.78, 5) is 12.6. The van der Waals surface area contributed by atoms with E-state index >= 15 is 0 Å². The molecule has 14 heavy (non-hydrogen) atoms. The normalized spacial score (nSPS) is 13.1. The summed E-state index contributed by atoms with van der Waals surface area (Å²) >= 11 is 0. The number of aliphatic carboxylic acids is 1. The molecule has 4 nitrogen and oxygen atoms in total. The van der Waals surface area contributed by atoms with Gasteiger partial charge in [-0.3, -0.25) is 9.69 Å². The van der Waals surface area contributed by atoms with E-state index in [2.05, 4.69) is 0 Å². The van der Waals surface area contributed by atoms with Gasteiger partial charge in [0, 0.05) is 0 Å². The maximum absolute atomic E-state index is 10.8. The van der Waals surface area contributed by atoms with E-state index in [9.17, 15) is 4.79 Å². The standard InChI is InChI=1S/C10H15NO3/c1-3-9(10(12)13)11(2)7-8-5-4-6-14-8/h4-6,9H,3,7H2,1-2H3,(H,12,13). The number of furan rings is 1. The zero-order valence-corrected chi connectivity index (χ0v) is 8.43. The second-order valence-corrected chi connectivity index (χ2v) is 3.26. The molecule has 1 rings (SSSR count). The van der Waals surface area contributed by atoms with Crippen molar-refractivity contribution in [3.05, 3.63) is 24.2 Å². The van der Waals surface area contributed by atoms with Crippen LogP contribution in [0.3, 0.4) is 0 Å². The average molecular weight is 197 g/mol. The van der Waals surface area contributed by atoms with Gasteiger partial charge in [-0.25, -0.2) is 0 Å². The van der Waals surface area contributed by atoms with Crippen LogP contribution in [0.5, 0.6) is 0 Å². The molecule has 0 amide bonds. The fraction of sp³-hybridized carbons (Fsp3) is 0.500. The second-order valence-electron chi connectivity index (χ2n) is 3.26. The zero-order valence-electron chi connectivity index (χ0n) is 8.43. The van der Waals surface area contributed by atoms with Gasteiger partial charge in [-0.15, -0.1) is 0 Å². The minimum atomic E-state index is -0.790. The molecule has 1 aromatic heterocycles. The Hall–Kier alpha value is -1.29. The quantitative estimate of drug-likeness (QED) is 0.778. The first-order valence-corrected chi connectivity index (χ1v) is 4.60. The fourth-order valence-electron chi connectivity index (χ4n) is 1.43. The summed E-state index contributed by atoms with van der Waals surface area (Å²) in [5, 5.41) is 8.90. The molecular weight excluding hydrogens is 182 g/mol. The maximum atomic E-state index is 10.8. The summed E-state index contributed by atoms with van der Waals surface area (Å²) in [6, 6.07) is 3.19. The molecule has 1 N–H and O–H groups in total. The lowest BCUT2D eigenvalue weighted by molar-refractivity contribution is -0.143. The minimum absolute atomic E-state index is 0.444. The third kappa shape index (κ3) is 2.60. The van der Waals surface area contributed by atoms with Crippen LogP contribution in [0.4, 0.5) is 0 Å². The van der Waals surface area contributed by atoms with E-state index in [4.69, 9.17) is 9.52 Å². The highest BCUT2D eigenvalue weighted by atomic mass is 16.4. The lowest BCUT2D eigenvalue weighted by atomic mass is 10.2. The summed E-state index contributed by atoms with van der Waals surface area (Å²) in [5.74, 6) is -0.00578. The van der Waals surface area contributed by atoms with Crippen molar-refractivity contribution in [3.63, 3.8) is 0 Å². The molecule has 0 aliphatic rings. The van der Waals surface area contributed by atoms with E-state index in [1.807, 2.05) is 13.0 Å². The van der Waals surface area contributed by atoms with Crippen molar-refractivity contribution in [2.45, 2.75) is 25.9 Å². The maximum Gasteiger partial charge on any atom is 0.320 e. The van der Waals surface area contributed by atoms with E-state index in [0.717, 1.165) is 5.76 Å². The summed E-state index contributed by atoms with van der Waals surface area (Å²) in [6.45, 7) is 2.38. The van der Waals surface area contributed by atoms with Gasteiger partial charge in [-0.2, -0.15) is 0 Å². The van der Waals surface area contributed by atoms with E-state index in [1.54, 1.807) is 24.3 Å². The summed E-state index contributed by atoms with van der Waals surface area (Å²) in [7, 11) is 1.78. The lowest BCUT2D eigenvalue weighted by Gasteiger charge is -2.21. The lowest BCUT2D eigenvalue weighted by Crippen LogP contribution is -2.37. The molecule has 1 heterocycles. The van der Waals surface area contributed by atoms with Crippen LogP contribution in [0, 0.1) is 0 Å². The van der Waals surface area contributed by atoms with Gasteiger partial charge in [0.1, 0.15) is 11.8 Å². The Morgan fingerprint density at radius 2 is 2.43 bits per heavy atom. The first-order valence-electron chi connectivity index (χ1n) is 4.60. The third-order valence-electron chi connectivity index (χ3n) is 2.19. The second kappa shape index (κ2) is 4.81. The number of carboxylic acids is 1. The highest BCUT2D eigenvalue weighted by molar-refractivity contribution is 5.73. The van der Waals surface area contributed by atoms with Gasteiger partial charge in [0.15, 0.2) is 0 Å². The first kappa shape index (κ1) is 10.8. The number of hydrogen-bond acceptors (Lipinski definition) is 3. The molecule has 0 bridgehead atoms. The Kier molecular flexibility index (Phi) is 3.71. The van der Waals surface area contributed by atoms with Gasteiger partial charge in [-0.05, 0) is 25.6 Å². The average Bonchev–Trinajstić information content (AvgIpc) is 2.57. The Morgan fingerprint density at radius 3 is 2.86 bits per heavy atom. The molecule has 78 valence electrons. The van der Waals surface area contributed by atoms with Crippen LogP contribution >= 0.6 is 0 Å². The molecule has 0 aliphatic heterocycles. The highest BCUT2D eigenvalue weighted by Crippen LogP contribution is 2.09. The van der Waals surface area contributed by atoms with Gasteiger partial charge < -0.3 is 9.52 Å². The summed E-state index contributed by atoms with van der Waals surface area (Å²) in [6.07, 6.45) is 2.18. The molecule has 1 aromatic rings. The molecule has 0 saturated carbocycles. The topological polar surface area (TPSA) is 53.7 Å². The first-order chi connectivity index (χ1) is 6.65. The van der Waals surface area contributed by atoms with Crippen molar-refractivity contribution in [2.24, 2.45) is 0 Å². The molecule has 0 spiro atoms. The van der Waals surface area contributed by atoms with E-state index in [-0.39, 0.29) is 0 Å². The van der Waals surface area contributed by atoms with E-state index < -0.39 is 12.0 Å². The van der Waals surface area contributed by atoms with Gasteiger partial charge in [0.25, 0.3) is 0 Å². The van der Waals surface area contributed by atoms with Crippen LogP contribution in [0.15, 0.2) is 22.8 Å². The van der Waals surface area contributed by atoms with Crippen LogP contribution in [-0.4, -0.2) is 29.1 Å². The van der Waals surface area contributed by atoms with Crippen LogP contribution in [0.2, 0.25) is 0 Å². The monoisotopic (exact) mass is 197 g/mol. The minimum Gasteiger partial charge on any atom is -0.480 e. The number of hydrogen-bond donors (Lipinski definition) is 1. The third-order valence-corrected chi connectivity index (χ3v) is 2.19. The van der Waals surface area contributed by atoms with Crippen molar-refractivity contribution < 1.29 is 14.3 Å². The molecule has 1 unspecified atom stereocenters. The molecular formula is C10H15NO3. The number of nitrogens with zero attached hydrogens (tertiary/aromatic N) is 1. The molecule has 0 saturated heterocycles. The number of likely N-dealkylation sites (N-methyl/N-ethyl adjacent to an activating group) is 1. The SMILES string of the molecule is CCC(C(=O)O)N(C)Cc1ccco1. The Morgan fingerprint density at radius 1 is 1.71 bits per heavy atom. The van der Waals surface area contributed by atoms with Crippen molar-refractivity contribution in [3.8, 4) is 0 Å². The van der Waals surface area contributed by atoms with Crippen LogP contribution in [0.25, 0.3) is 0 Å². The van der Waals surface area contributed by atoms with Gasteiger partial charge in [-0.1, -0.05) is 6.92 Å². The fourth-order valence-corrected chi connectivity index (χ4v) is 1.43. The van der Waals surface area contributed by atoms with Gasteiger partial charge in [0.2, 0.25) is 0 Å². The summed E-state index contributed by atoms with van der Waals surface area (Å²) < 4.78 is 5.14. The molecule has 1 atom stereocenters. The number of rotatable bonds is 5. The van der Waals surface area contributed by atoms with Crippen LogP contribution < -0.4 is 0 Å². The van der Waals surface area contributed by atoms with Crippen molar-refractivity contribution in [2.75, 3.05) is 7.05 Å². The van der Waals surface area contributed by atoms with Crippen molar-refractivity contribution in [1.82, 2.24) is 4.90 Å². The highest BCUT2D eigenvalue weighted by Gasteiger charge is 2.20. The van der Waals surface area contributed by atoms with Crippen molar-refractivity contribution in [1.29, 1.82) is 0 Å². The predicted octanol–water partition coefficient (Wildman–Crippen LogP) is 1.57. The smallest absolute Gasteiger partial charge is 0.320 e. The summed E-state index contributed by atoms with van der Waals surface area (Å²) in [5.41, 5.74) is 0. The van der Waals surface area contributed by atoms with E-state index in [0.29, 0.717) is 13.0 Å². The van der Waals surface area contributed by atoms with Gasteiger partial charge >= 0.3 is 5.97 Å². The molecule has 0 radical (unpaired) electrons. The Labute approximate surface area is 83.1 Å². The molecule has 4 heteroatoms. The van der Waals surface area contributed by atoms with Crippen LogP contribution in [0.1, 0.15) is 19.1 Å². The zero-order chi connectivity index (χ0) is 10.6. The molecule has 0 aliphatic carbocycles. The number of carbonyl (C=O) groups is 1. The molecule has 0 aromatic carbocycles. The number of carboxylic acid groups (broad SMARTS) is 1. The van der Waals surface area contributed by atoms with Gasteiger partial charge in [0.05, 0.1) is 12.8 Å². The Balaban J connectivity index is 2.56.